The van der Waals surface area contributed by atoms with Gasteiger partial charge in [-0.25, -0.2) is 9.18 Å². The van der Waals surface area contributed by atoms with E-state index in [4.69, 9.17) is 9.47 Å². The third kappa shape index (κ3) is 4.06. The Morgan fingerprint density at radius 2 is 2.05 bits per heavy atom. The van der Waals surface area contributed by atoms with E-state index >= 15 is 0 Å². The molecule has 4 nitrogen and oxygen atoms in total. The van der Waals surface area contributed by atoms with Crippen LogP contribution in [0.3, 0.4) is 0 Å². The van der Waals surface area contributed by atoms with Crippen molar-refractivity contribution < 1.29 is 23.0 Å². The zero-order chi connectivity index (χ0) is 15.6. The van der Waals surface area contributed by atoms with Crippen molar-refractivity contribution in [2.24, 2.45) is 0 Å². The van der Waals surface area contributed by atoms with Gasteiger partial charge in [0.25, 0.3) is 0 Å². The van der Waals surface area contributed by atoms with Gasteiger partial charge in [-0.15, -0.1) is 0 Å². The second-order valence-corrected chi connectivity index (χ2v) is 6.01. The number of amides is 1. The number of nitrogens with zero attached hydrogens (tertiary/aromatic N) is 1. The highest BCUT2D eigenvalue weighted by atomic mass is 19.2. The number of hydrogen-bond acceptors (Lipinski definition) is 3. The molecule has 0 N–H and O–H groups in total. The number of benzene rings is 1. The van der Waals surface area contributed by atoms with Crippen LogP contribution < -0.4 is 4.74 Å². The van der Waals surface area contributed by atoms with Crippen LogP contribution in [0.15, 0.2) is 18.2 Å². The van der Waals surface area contributed by atoms with E-state index in [0.29, 0.717) is 19.5 Å². The summed E-state index contributed by atoms with van der Waals surface area (Å²) in [6.45, 7) is 6.13. The molecule has 1 atom stereocenters. The summed E-state index contributed by atoms with van der Waals surface area (Å²) in [6.07, 6.45) is -0.239. The molecule has 116 valence electrons. The Kier molecular flexibility index (Phi) is 4.34. The maximum atomic E-state index is 13.5. The van der Waals surface area contributed by atoms with Crippen LogP contribution in [0.5, 0.6) is 5.75 Å². The van der Waals surface area contributed by atoms with Gasteiger partial charge in [0.15, 0.2) is 11.6 Å². The first-order valence-corrected chi connectivity index (χ1v) is 6.85. The molecule has 1 aromatic carbocycles. The molecule has 1 saturated heterocycles. The fourth-order valence-corrected chi connectivity index (χ4v) is 2.07. The van der Waals surface area contributed by atoms with Gasteiger partial charge in [0.05, 0.1) is 6.54 Å². The third-order valence-electron chi connectivity index (χ3n) is 3.01. The van der Waals surface area contributed by atoms with E-state index in [1.165, 1.54) is 17.0 Å². The zero-order valence-electron chi connectivity index (χ0n) is 12.4. The van der Waals surface area contributed by atoms with Crippen molar-refractivity contribution in [3.8, 4) is 5.75 Å². The average Bonchev–Trinajstić information content (AvgIpc) is 2.82. The molecular weight excluding hydrogens is 280 g/mol. The second kappa shape index (κ2) is 5.87. The monoisotopic (exact) mass is 299 g/mol. The average molecular weight is 299 g/mol. The molecule has 1 fully saturated rings. The summed E-state index contributed by atoms with van der Waals surface area (Å²) in [4.78, 5) is 13.4. The highest BCUT2D eigenvalue weighted by molar-refractivity contribution is 5.68. The largest absolute Gasteiger partial charge is 0.485 e. The molecule has 0 aromatic heterocycles. The maximum Gasteiger partial charge on any atom is 0.410 e. The van der Waals surface area contributed by atoms with Crippen molar-refractivity contribution in [1.82, 2.24) is 4.90 Å². The fraction of sp³-hybridized carbons (Fsp3) is 0.533. The Morgan fingerprint density at radius 1 is 1.33 bits per heavy atom. The van der Waals surface area contributed by atoms with Crippen LogP contribution in [0.2, 0.25) is 0 Å². The summed E-state index contributed by atoms with van der Waals surface area (Å²) < 4.78 is 37.3. The molecule has 1 aliphatic heterocycles. The zero-order valence-corrected chi connectivity index (χ0v) is 12.4. The molecule has 1 unspecified atom stereocenters. The highest BCUT2D eigenvalue weighted by Crippen LogP contribution is 2.24. The minimum atomic E-state index is -1.01. The first-order valence-electron chi connectivity index (χ1n) is 6.85. The molecule has 1 heterocycles. The van der Waals surface area contributed by atoms with Crippen molar-refractivity contribution in [3.63, 3.8) is 0 Å². The van der Waals surface area contributed by atoms with Gasteiger partial charge in [0.1, 0.15) is 11.7 Å². The predicted molar refractivity (Wildman–Crippen MR) is 73.2 cm³/mol. The Labute approximate surface area is 122 Å². The minimum absolute atomic E-state index is 0.133. The van der Waals surface area contributed by atoms with Gasteiger partial charge in [-0.1, -0.05) is 6.07 Å². The van der Waals surface area contributed by atoms with Crippen molar-refractivity contribution in [1.29, 1.82) is 0 Å². The number of rotatable bonds is 2. The number of likely N-dealkylation sites (tertiary alicyclic amines) is 1. The summed E-state index contributed by atoms with van der Waals surface area (Å²) in [7, 11) is 0. The van der Waals surface area contributed by atoms with E-state index in [0.717, 1.165) is 6.07 Å². The highest BCUT2D eigenvalue weighted by Gasteiger charge is 2.31. The van der Waals surface area contributed by atoms with Crippen molar-refractivity contribution in [2.75, 3.05) is 13.1 Å². The molecular formula is C15H19F2NO3. The molecule has 0 spiro atoms. The van der Waals surface area contributed by atoms with Gasteiger partial charge in [0, 0.05) is 13.0 Å². The SMILES string of the molecule is CC(C)(C)OC(=O)N1CCC(Oc2cccc(F)c2F)C1. The van der Waals surface area contributed by atoms with E-state index in [-0.39, 0.29) is 11.9 Å². The lowest BCUT2D eigenvalue weighted by Crippen LogP contribution is -2.36. The normalized spacial score (nSPS) is 18.7. The van der Waals surface area contributed by atoms with Gasteiger partial charge in [-0.2, -0.15) is 4.39 Å². The van der Waals surface area contributed by atoms with Crippen LogP contribution in [0.1, 0.15) is 27.2 Å². The lowest BCUT2D eigenvalue weighted by atomic mass is 10.2. The number of carbonyl (C=O) groups is 1. The molecule has 2 rings (SSSR count). The molecule has 6 heteroatoms. The first-order chi connectivity index (χ1) is 9.76. The van der Waals surface area contributed by atoms with Gasteiger partial charge in [-0.3, -0.25) is 0 Å². The topological polar surface area (TPSA) is 38.8 Å². The van der Waals surface area contributed by atoms with Crippen molar-refractivity contribution >= 4 is 6.09 Å². The van der Waals surface area contributed by atoms with Crippen LogP contribution in [-0.2, 0) is 4.74 Å². The van der Waals surface area contributed by atoms with Gasteiger partial charge >= 0.3 is 6.09 Å². The Morgan fingerprint density at radius 3 is 2.71 bits per heavy atom. The summed E-state index contributed by atoms with van der Waals surface area (Å²) in [6, 6.07) is 3.78. The maximum absolute atomic E-state index is 13.5. The smallest absolute Gasteiger partial charge is 0.410 e. The van der Waals surface area contributed by atoms with Crippen molar-refractivity contribution in [2.45, 2.75) is 38.9 Å². The van der Waals surface area contributed by atoms with E-state index in [2.05, 4.69) is 0 Å². The molecule has 1 aliphatic rings. The van der Waals surface area contributed by atoms with Crippen LogP contribution in [-0.4, -0.2) is 35.8 Å². The molecule has 1 aromatic rings. The first kappa shape index (κ1) is 15.5. The molecule has 21 heavy (non-hydrogen) atoms. The summed E-state index contributed by atoms with van der Waals surface area (Å²) in [5, 5.41) is 0. The number of carbonyl (C=O) groups excluding carboxylic acids is 1. The minimum Gasteiger partial charge on any atom is -0.485 e. The van der Waals surface area contributed by atoms with Crippen LogP contribution >= 0.6 is 0 Å². The predicted octanol–water partition coefficient (Wildman–Crippen LogP) is 3.35. The number of ether oxygens (including phenoxy) is 2. The van der Waals surface area contributed by atoms with E-state index in [1.807, 2.05) is 0 Å². The van der Waals surface area contributed by atoms with E-state index < -0.39 is 23.3 Å². The van der Waals surface area contributed by atoms with E-state index in [9.17, 15) is 13.6 Å². The second-order valence-electron chi connectivity index (χ2n) is 6.01. The van der Waals surface area contributed by atoms with Crippen LogP contribution in [0, 0.1) is 11.6 Å². The Hall–Kier alpha value is -1.85. The van der Waals surface area contributed by atoms with Gasteiger partial charge in [-0.05, 0) is 32.9 Å². The summed E-state index contributed by atoms with van der Waals surface area (Å²) in [5.74, 6) is -2.09. The molecule has 0 radical (unpaired) electrons. The van der Waals surface area contributed by atoms with E-state index in [1.54, 1.807) is 20.8 Å². The number of hydrogen-bond donors (Lipinski definition) is 0. The standard InChI is InChI=1S/C15H19F2NO3/c1-15(2,3)21-14(19)18-8-7-10(9-18)20-12-6-4-5-11(16)13(12)17/h4-6,10H,7-9H2,1-3H3. The Bertz CT molecular complexity index is 528. The summed E-state index contributed by atoms with van der Waals surface area (Å²) >= 11 is 0. The van der Waals surface area contributed by atoms with Crippen LogP contribution in [0.25, 0.3) is 0 Å². The fourth-order valence-electron chi connectivity index (χ4n) is 2.07. The molecule has 0 saturated carbocycles. The van der Waals surface area contributed by atoms with Crippen molar-refractivity contribution in [3.05, 3.63) is 29.8 Å². The molecule has 0 aliphatic carbocycles. The molecule has 0 bridgehead atoms. The third-order valence-corrected chi connectivity index (χ3v) is 3.01. The van der Waals surface area contributed by atoms with Gasteiger partial charge < -0.3 is 14.4 Å². The summed E-state index contributed by atoms with van der Waals surface area (Å²) in [5.41, 5.74) is -0.565. The number of halogens is 2. The molecule has 1 amide bonds. The van der Waals surface area contributed by atoms with Gasteiger partial charge in [0.2, 0.25) is 5.82 Å². The lowest BCUT2D eigenvalue weighted by Gasteiger charge is -2.24. The van der Waals surface area contributed by atoms with Crippen LogP contribution in [0.4, 0.5) is 13.6 Å². The Balaban J connectivity index is 1.94. The quantitative estimate of drug-likeness (QED) is 0.840. The lowest BCUT2D eigenvalue weighted by molar-refractivity contribution is 0.0275.